The number of hydrogen-bond acceptors (Lipinski definition) is 2. The number of amides is 1. The fourth-order valence-corrected chi connectivity index (χ4v) is 1.87. The maximum atomic E-state index is 13.6. The van der Waals surface area contributed by atoms with Crippen molar-refractivity contribution in [1.29, 1.82) is 5.26 Å². The lowest BCUT2D eigenvalue weighted by Gasteiger charge is -2.11. The van der Waals surface area contributed by atoms with Crippen molar-refractivity contribution >= 4 is 11.6 Å². The zero-order valence-corrected chi connectivity index (χ0v) is 10.9. The summed E-state index contributed by atoms with van der Waals surface area (Å²) in [6.07, 6.45) is 0. The summed E-state index contributed by atoms with van der Waals surface area (Å²) in [6.45, 7) is 1.80. The van der Waals surface area contributed by atoms with Crippen molar-refractivity contribution in [1.82, 2.24) is 0 Å². The molecule has 4 heteroatoms. The van der Waals surface area contributed by atoms with E-state index in [1.165, 1.54) is 12.1 Å². The highest BCUT2D eigenvalue weighted by Gasteiger charge is 2.20. The Balaban J connectivity index is 2.23. The van der Waals surface area contributed by atoms with Crippen LogP contribution in [0, 0.1) is 24.1 Å². The van der Waals surface area contributed by atoms with Gasteiger partial charge in [0.05, 0.1) is 11.8 Å². The van der Waals surface area contributed by atoms with Gasteiger partial charge in [-0.15, -0.1) is 0 Å². The number of hydrogen-bond donors (Lipinski definition) is 1. The zero-order chi connectivity index (χ0) is 14.5. The number of nitriles is 1. The van der Waals surface area contributed by atoms with Crippen molar-refractivity contribution in [2.45, 2.75) is 12.8 Å². The molecule has 0 heterocycles. The highest BCUT2D eigenvalue weighted by atomic mass is 19.1. The number of carbonyl (C=O) groups excluding carboxylic acids is 1. The Hall–Kier alpha value is -2.67. The van der Waals surface area contributed by atoms with E-state index in [4.69, 9.17) is 5.26 Å². The Bertz CT molecular complexity index is 662. The summed E-state index contributed by atoms with van der Waals surface area (Å²) < 4.78 is 13.6. The van der Waals surface area contributed by atoms with Gasteiger partial charge < -0.3 is 5.32 Å². The second kappa shape index (κ2) is 5.98. The van der Waals surface area contributed by atoms with Crippen molar-refractivity contribution in [3.63, 3.8) is 0 Å². The van der Waals surface area contributed by atoms with Crippen LogP contribution in [0.5, 0.6) is 0 Å². The Morgan fingerprint density at radius 1 is 1.25 bits per heavy atom. The fraction of sp³-hybridized carbons (Fsp3) is 0.125. The van der Waals surface area contributed by atoms with Gasteiger partial charge in [0.15, 0.2) is 5.92 Å². The molecular weight excluding hydrogens is 255 g/mol. The lowest BCUT2D eigenvalue weighted by atomic mass is 10.00. The van der Waals surface area contributed by atoms with E-state index in [9.17, 15) is 9.18 Å². The van der Waals surface area contributed by atoms with Gasteiger partial charge in [0.2, 0.25) is 5.91 Å². The molecule has 0 aromatic heterocycles. The van der Waals surface area contributed by atoms with Gasteiger partial charge in [-0.3, -0.25) is 4.79 Å². The number of halogens is 1. The number of anilines is 1. The van der Waals surface area contributed by atoms with E-state index in [1.54, 1.807) is 43.3 Å². The van der Waals surface area contributed by atoms with Gasteiger partial charge in [-0.05, 0) is 30.2 Å². The molecular formula is C16H13FN2O. The van der Waals surface area contributed by atoms with Gasteiger partial charge in [0.25, 0.3) is 0 Å². The van der Waals surface area contributed by atoms with Crippen LogP contribution in [0.25, 0.3) is 0 Å². The second-order valence-corrected chi connectivity index (χ2v) is 4.45. The van der Waals surface area contributed by atoms with Crippen LogP contribution in [-0.2, 0) is 4.79 Å². The lowest BCUT2D eigenvalue weighted by molar-refractivity contribution is -0.116. The Labute approximate surface area is 116 Å². The van der Waals surface area contributed by atoms with Crippen LogP contribution >= 0.6 is 0 Å². The number of nitrogens with one attached hydrogen (secondary N) is 1. The number of aryl methyl sites for hydroxylation is 1. The van der Waals surface area contributed by atoms with E-state index < -0.39 is 17.6 Å². The molecule has 0 bridgehead atoms. The molecule has 2 rings (SSSR count). The summed E-state index contributed by atoms with van der Waals surface area (Å²) in [5.41, 5.74) is 1.50. The molecule has 0 saturated heterocycles. The normalized spacial score (nSPS) is 11.4. The average molecular weight is 268 g/mol. The maximum Gasteiger partial charge on any atom is 0.246 e. The van der Waals surface area contributed by atoms with E-state index in [1.807, 2.05) is 6.07 Å². The molecule has 2 aromatic carbocycles. The first-order valence-corrected chi connectivity index (χ1v) is 6.13. The largest absolute Gasteiger partial charge is 0.322 e. The van der Waals surface area contributed by atoms with E-state index in [0.29, 0.717) is 5.56 Å². The van der Waals surface area contributed by atoms with Crippen molar-refractivity contribution in [3.8, 4) is 6.07 Å². The summed E-state index contributed by atoms with van der Waals surface area (Å²) in [7, 11) is 0. The van der Waals surface area contributed by atoms with E-state index in [-0.39, 0.29) is 5.69 Å². The monoisotopic (exact) mass is 268 g/mol. The predicted molar refractivity (Wildman–Crippen MR) is 74.6 cm³/mol. The third-order valence-electron chi connectivity index (χ3n) is 2.90. The van der Waals surface area contributed by atoms with Gasteiger partial charge in [-0.2, -0.15) is 5.26 Å². The molecule has 0 saturated carbocycles. The Morgan fingerprint density at radius 2 is 1.95 bits per heavy atom. The third-order valence-corrected chi connectivity index (χ3v) is 2.90. The highest BCUT2D eigenvalue weighted by Crippen LogP contribution is 2.20. The van der Waals surface area contributed by atoms with Gasteiger partial charge in [-0.1, -0.05) is 36.4 Å². The first kappa shape index (κ1) is 13.8. The minimum atomic E-state index is -0.962. The summed E-state index contributed by atoms with van der Waals surface area (Å²) in [4.78, 5) is 12.1. The fourth-order valence-electron chi connectivity index (χ4n) is 1.87. The van der Waals surface area contributed by atoms with Crippen LogP contribution in [0.2, 0.25) is 0 Å². The first-order chi connectivity index (χ1) is 9.61. The molecule has 1 amide bonds. The lowest BCUT2D eigenvalue weighted by Crippen LogP contribution is -2.20. The van der Waals surface area contributed by atoms with Gasteiger partial charge in [0, 0.05) is 0 Å². The van der Waals surface area contributed by atoms with E-state index >= 15 is 0 Å². The van der Waals surface area contributed by atoms with Crippen LogP contribution < -0.4 is 5.32 Å². The molecule has 1 N–H and O–H groups in total. The van der Waals surface area contributed by atoms with Crippen LogP contribution in [0.1, 0.15) is 17.0 Å². The highest BCUT2D eigenvalue weighted by molar-refractivity contribution is 5.97. The van der Waals surface area contributed by atoms with Crippen LogP contribution in [0.4, 0.5) is 10.1 Å². The molecule has 0 fully saturated rings. The zero-order valence-electron chi connectivity index (χ0n) is 10.9. The van der Waals surface area contributed by atoms with Gasteiger partial charge >= 0.3 is 0 Å². The standard InChI is InChI=1S/C16H13FN2O/c1-11-7-8-14(17)15(9-11)19-16(20)13(10-18)12-5-3-2-4-6-12/h2-9,13H,1H3,(H,19,20). The van der Waals surface area contributed by atoms with Crippen LogP contribution in [0.15, 0.2) is 48.5 Å². The molecule has 2 aromatic rings. The van der Waals surface area contributed by atoms with E-state index in [2.05, 4.69) is 5.32 Å². The van der Waals surface area contributed by atoms with Gasteiger partial charge in [-0.25, -0.2) is 4.39 Å². The quantitative estimate of drug-likeness (QED) is 0.927. The van der Waals surface area contributed by atoms with Crippen molar-refractivity contribution in [3.05, 3.63) is 65.5 Å². The first-order valence-electron chi connectivity index (χ1n) is 6.13. The molecule has 0 aliphatic heterocycles. The molecule has 0 aliphatic carbocycles. The molecule has 0 radical (unpaired) electrons. The smallest absolute Gasteiger partial charge is 0.246 e. The molecule has 3 nitrogen and oxygen atoms in total. The summed E-state index contributed by atoms with van der Waals surface area (Å²) in [5, 5.41) is 11.6. The van der Waals surface area contributed by atoms with Crippen LogP contribution in [0.3, 0.4) is 0 Å². The summed E-state index contributed by atoms with van der Waals surface area (Å²) in [5.74, 6) is -2.02. The predicted octanol–water partition coefficient (Wildman–Crippen LogP) is 3.38. The van der Waals surface area contributed by atoms with Crippen molar-refractivity contribution in [2.24, 2.45) is 0 Å². The van der Waals surface area contributed by atoms with Gasteiger partial charge in [0.1, 0.15) is 5.82 Å². The molecule has 100 valence electrons. The Morgan fingerprint density at radius 3 is 2.60 bits per heavy atom. The summed E-state index contributed by atoms with van der Waals surface area (Å²) in [6, 6.07) is 15.1. The third kappa shape index (κ3) is 3.01. The SMILES string of the molecule is Cc1ccc(F)c(NC(=O)C(C#N)c2ccccc2)c1. The molecule has 0 spiro atoms. The number of nitrogens with zero attached hydrogens (tertiary/aromatic N) is 1. The van der Waals surface area contributed by atoms with E-state index in [0.717, 1.165) is 5.56 Å². The molecule has 1 atom stereocenters. The molecule has 0 aliphatic rings. The van der Waals surface area contributed by atoms with Crippen LogP contribution in [-0.4, -0.2) is 5.91 Å². The number of benzene rings is 2. The number of carbonyl (C=O) groups is 1. The minimum absolute atomic E-state index is 0.0891. The van der Waals surface area contributed by atoms with Crippen molar-refractivity contribution in [2.75, 3.05) is 5.32 Å². The number of rotatable bonds is 3. The van der Waals surface area contributed by atoms with Crippen molar-refractivity contribution < 1.29 is 9.18 Å². The average Bonchev–Trinajstić information content (AvgIpc) is 2.45. The molecule has 1 unspecified atom stereocenters. The summed E-state index contributed by atoms with van der Waals surface area (Å²) >= 11 is 0. The Kier molecular flexibility index (Phi) is 4.11. The topological polar surface area (TPSA) is 52.9 Å². The minimum Gasteiger partial charge on any atom is -0.322 e. The molecule has 20 heavy (non-hydrogen) atoms. The maximum absolute atomic E-state index is 13.6. The second-order valence-electron chi connectivity index (χ2n) is 4.45.